The molecule has 1 fully saturated rings. The van der Waals surface area contributed by atoms with Crippen LogP contribution in [0, 0.1) is 0 Å². The molecule has 33 heavy (non-hydrogen) atoms. The summed E-state index contributed by atoms with van der Waals surface area (Å²) >= 11 is 0. The summed E-state index contributed by atoms with van der Waals surface area (Å²) in [6.07, 6.45) is 9.76. The van der Waals surface area contributed by atoms with Gasteiger partial charge < -0.3 is 10.6 Å². The number of amides is 1. The zero-order valence-electron chi connectivity index (χ0n) is 18.7. The molecule has 0 radical (unpaired) electrons. The van der Waals surface area contributed by atoms with Gasteiger partial charge in [-0.25, -0.2) is 4.98 Å². The number of rotatable bonds is 7. The second kappa shape index (κ2) is 9.36. The number of aromatic nitrogens is 5. The molecule has 1 aliphatic carbocycles. The summed E-state index contributed by atoms with van der Waals surface area (Å²) in [6.45, 7) is 2.12. The Morgan fingerprint density at radius 1 is 1.12 bits per heavy atom. The second-order valence-electron chi connectivity index (χ2n) is 8.43. The van der Waals surface area contributed by atoms with Crippen molar-refractivity contribution in [2.75, 3.05) is 5.32 Å². The number of pyridine rings is 1. The van der Waals surface area contributed by atoms with E-state index in [-0.39, 0.29) is 11.9 Å². The smallest absolute Gasteiger partial charge is 0.254 e. The van der Waals surface area contributed by atoms with Crippen LogP contribution in [-0.4, -0.2) is 36.5 Å². The van der Waals surface area contributed by atoms with E-state index < -0.39 is 0 Å². The lowest BCUT2D eigenvalue weighted by Gasteiger charge is -2.13. The fourth-order valence-corrected chi connectivity index (χ4v) is 4.23. The molecule has 0 spiro atoms. The number of nitrogens with zero attached hydrogens (tertiary/aromatic N) is 5. The molecular weight excluding hydrogens is 414 g/mol. The summed E-state index contributed by atoms with van der Waals surface area (Å²) in [7, 11) is 0. The summed E-state index contributed by atoms with van der Waals surface area (Å²) in [5, 5.41) is 11.2. The van der Waals surface area contributed by atoms with Gasteiger partial charge in [-0.2, -0.15) is 9.50 Å². The fraction of sp³-hybridized carbons (Fsp3) is 0.320. The van der Waals surface area contributed by atoms with Crippen LogP contribution in [0.4, 0.5) is 11.5 Å². The van der Waals surface area contributed by atoms with Crippen molar-refractivity contribution in [2.45, 2.75) is 51.5 Å². The van der Waals surface area contributed by atoms with Crippen molar-refractivity contribution >= 4 is 23.2 Å². The van der Waals surface area contributed by atoms with E-state index in [1.165, 1.54) is 12.8 Å². The van der Waals surface area contributed by atoms with Gasteiger partial charge in [-0.1, -0.05) is 32.3 Å². The van der Waals surface area contributed by atoms with Gasteiger partial charge in [0.05, 0.1) is 0 Å². The lowest BCUT2D eigenvalue weighted by atomic mass is 10.1. The van der Waals surface area contributed by atoms with Crippen molar-refractivity contribution in [1.29, 1.82) is 0 Å². The zero-order valence-corrected chi connectivity index (χ0v) is 18.7. The molecule has 0 saturated heterocycles. The molecule has 2 N–H and O–H groups in total. The number of hydrogen-bond acceptors (Lipinski definition) is 6. The van der Waals surface area contributed by atoms with Gasteiger partial charge in [0.15, 0.2) is 5.82 Å². The molecule has 1 aliphatic rings. The highest BCUT2D eigenvalue weighted by molar-refractivity contribution is 5.95. The van der Waals surface area contributed by atoms with Gasteiger partial charge in [-0.3, -0.25) is 9.78 Å². The first-order valence-corrected chi connectivity index (χ1v) is 11.5. The zero-order chi connectivity index (χ0) is 22.6. The number of fused-ring (bicyclic) bond motifs is 1. The molecule has 4 aromatic rings. The summed E-state index contributed by atoms with van der Waals surface area (Å²) in [5.41, 5.74) is 3.22. The van der Waals surface area contributed by atoms with Crippen LogP contribution in [0.1, 0.15) is 55.1 Å². The highest BCUT2D eigenvalue weighted by Gasteiger charge is 2.18. The Kier molecular flexibility index (Phi) is 5.97. The predicted octanol–water partition coefficient (Wildman–Crippen LogP) is 4.55. The third-order valence-corrected chi connectivity index (χ3v) is 5.88. The van der Waals surface area contributed by atoms with Gasteiger partial charge >= 0.3 is 0 Å². The van der Waals surface area contributed by atoms with Gasteiger partial charge in [0.2, 0.25) is 0 Å². The molecule has 0 bridgehead atoms. The molecule has 8 nitrogen and oxygen atoms in total. The minimum absolute atomic E-state index is 0.0308. The van der Waals surface area contributed by atoms with E-state index in [0.29, 0.717) is 17.2 Å². The molecular formula is C25H27N7O. The van der Waals surface area contributed by atoms with E-state index >= 15 is 0 Å². The highest BCUT2D eigenvalue weighted by atomic mass is 16.1. The minimum Gasteiger partial charge on any atom is -0.349 e. The Morgan fingerprint density at radius 3 is 2.79 bits per heavy atom. The molecule has 0 aliphatic heterocycles. The monoisotopic (exact) mass is 441 g/mol. The van der Waals surface area contributed by atoms with Crippen LogP contribution >= 0.6 is 0 Å². The first-order chi connectivity index (χ1) is 16.2. The Balaban J connectivity index is 1.46. The van der Waals surface area contributed by atoms with Crippen molar-refractivity contribution in [3.8, 4) is 11.4 Å². The van der Waals surface area contributed by atoms with Crippen LogP contribution in [0.3, 0.4) is 0 Å². The summed E-state index contributed by atoms with van der Waals surface area (Å²) < 4.78 is 1.70. The van der Waals surface area contributed by atoms with E-state index in [0.717, 1.165) is 48.4 Å². The number of anilines is 2. The molecule has 1 saturated carbocycles. The second-order valence-corrected chi connectivity index (χ2v) is 8.43. The van der Waals surface area contributed by atoms with E-state index in [9.17, 15) is 4.79 Å². The first kappa shape index (κ1) is 21.1. The normalized spacial score (nSPS) is 14.0. The molecule has 5 rings (SSSR count). The quantitative estimate of drug-likeness (QED) is 0.437. The van der Waals surface area contributed by atoms with Gasteiger partial charge in [-0.15, -0.1) is 5.10 Å². The van der Waals surface area contributed by atoms with Crippen molar-refractivity contribution in [2.24, 2.45) is 0 Å². The van der Waals surface area contributed by atoms with Crippen molar-refractivity contribution in [3.05, 3.63) is 66.1 Å². The van der Waals surface area contributed by atoms with E-state index in [4.69, 9.17) is 0 Å². The SMILES string of the molecule is CCCc1cc(Nc2cccc(C(=O)NC3CCCC3)c2)n2nc(-c3cccnc3)nc2n1. The van der Waals surface area contributed by atoms with Gasteiger partial charge in [-0.05, 0) is 49.6 Å². The maximum Gasteiger partial charge on any atom is 0.254 e. The van der Waals surface area contributed by atoms with Crippen LogP contribution < -0.4 is 10.6 Å². The molecule has 0 atom stereocenters. The number of carbonyl (C=O) groups is 1. The summed E-state index contributed by atoms with van der Waals surface area (Å²) in [4.78, 5) is 26.2. The fourth-order valence-electron chi connectivity index (χ4n) is 4.23. The maximum atomic E-state index is 12.7. The predicted molar refractivity (Wildman–Crippen MR) is 127 cm³/mol. The number of benzene rings is 1. The summed E-state index contributed by atoms with van der Waals surface area (Å²) in [6, 6.07) is 13.6. The molecule has 0 unspecified atom stereocenters. The van der Waals surface area contributed by atoms with Crippen LogP contribution in [0.2, 0.25) is 0 Å². The van der Waals surface area contributed by atoms with Gasteiger partial charge in [0.1, 0.15) is 5.82 Å². The highest BCUT2D eigenvalue weighted by Crippen LogP contribution is 2.23. The Hall–Kier alpha value is -3.81. The minimum atomic E-state index is -0.0308. The third-order valence-electron chi connectivity index (χ3n) is 5.88. The lowest BCUT2D eigenvalue weighted by molar-refractivity contribution is 0.0938. The molecule has 3 aromatic heterocycles. The largest absolute Gasteiger partial charge is 0.349 e. The number of carbonyl (C=O) groups excluding carboxylic acids is 1. The number of nitrogens with one attached hydrogen (secondary N) is 2. The third kappa shape index (κ3) is 4.69. The topological polar surface area (TPSA) is 97.1 Å². The van der Waals surface area contributed by atoms with E-state index in [1.54, 1.807) is 16.9 Å². The van der Waals surface area contributed by atoms with Crippen LogP contribution in [-0.2, 0) is 6.42 Å². The van der Waals surface area contributed by atoms with E-state index in [1.807, 2.05) is 42.5 Å². The van der Waals surface area contributed by atoms with Gasteiger partial charge in [0.25, 0.3) is 11.7 Å². The molecule has 3 heterocycles. The van der Waals surface area contributed by atoms with Crippen LogP contribution in [0.5, 0.6) is 0 Å². The number of hydrogen-bond donors (Lipinski definition) is 2. The standard InChI is InChI=1S/C25H27N7O/c1-2-7-20-15-22(32-25(29-20)30-23(31-32)18-9-6-13-26-16-18)27-21-12-5-8-17(14-21)24(33)28-19-10-3-4-11-19/h5-6,8-9,12-16,19,27H,2-4,7,10-11H2,1H3,(H,28,33). The van der Waals surface area contributed by atoms with Crippen molar-refractivity contribution in [3.63, 3.8) is 0 Å². The Morgan fingerprint density at radius 2 is 2.00 bits per heavy atom. The number of aryl methyl sites for hydroxylation is 1. The van der Waals surface area contributed by atoms with Crippen LogP contribution in [0.15, 0.2) is 54.9 Å². The van der Waals surface area contributed by atoms with Crippen LogP contribution in [0.25, 0.3) is 17.2 Å². The molecule has 168 valence electrons. The van der Waals surface area contributed by atoms with E-state index in [2.05, 4.69) is 37.6 Å². The Bertz CT molecular complexity index is 1260. The first-order valence-electron chi connectivity index (χ1n) is 11.5. The lowest BCUT2D eigenvalue weighted by Crippen LogP contribution is -2.32. The molecule has 1 aromatic carbocycles. The molecule has 1 amide bonds. The summed E-state index contributed by atoms with van der Waals surface area (Å²) in [5.74, 6) is 1.81. The average molecular weight is 442 g/mol. The maximum absolute atomic E-state index is 12.7. The van der Waals surface area contributed by atoms with Crippen molar-refractivity contribution in [1.82, 2.24) is 29.9 Å². The Labute approximate surface area is 192 Å². The average Bonchev–Trinajstić information content (AvgIpc) is 3.50. The van der Waals surface area contributed by atoms with Crippen molar-refractivity contribution < 1.29 is 4.79 Å². The molecule has 8 heteroatoms. The van der Waals surface area contributed by atoms with Gasteiger partial charge in [0, 0.05) is 47.0 Å².